The Labute approximate surface area is 191 Å². The number of amides is 1. The molecule has 32 heavy (non-hydrogen) atoms. The van der Waals surface area contributed by atoms with Crippen LogP contribution in [0.3, 0.4) is 0 Å². The fourth-order valence-corrected chi connectivity index (χ4v) is 3.43. The topological polar surface area (TPSA) is 95.0 Å². The Morgan fingerprint density at radius 3 is 2.50 bits per heavy atom. The highest BCUT2D eigenvalue weighted by molar-refractivity contribution is 6.30. The molecule has 0 spiro atoms. The standard InChI is InChI=1S/C24H23ClN4O3/c25-19-7-1-17(2-8-19)15-32-21-11-5-18(6-12-21)22-13-23(28-27-22)24(31)29-26-14-16-3-9-20(30)10-4-16/h1-12,14,22-23,27-28,30H,13,15H2,(H,29,31)/b26-14+. The second-order valence-corrected chi connectivity index (χ2v) is 7.88. The minimum Gasteiger partial charge on any atom is -0.508 e. The normalized spacial score (nSPS) is 18.0. The van der Waals surface area contributed by atoms with Crippen LogP contribution < -0.4 is 21.0 Å². The zero-order valence-electron chi connectivity index (χ0n) is 17.2. The summed E-state index contributed by atoms with van der Waals surface area (Å²) in [5.74, 6) is 0.727. The summed E-state index contributed by atoms with van der Waals surface area (Å²) in [5, 5.41) is 14.0. The van der Waals surface area contributed by atoms with Gasteiger partial charge in [-0.2, -0.15) is 5.10 Å². The van der Waals surface area contributed by atoms with Crippen LogP contribution in [0.25, 0.3) is 0 Å². The zero-order valence-corrected chi connectivity index (χ0v) is 17.9. The highest BCUT2D eigenvalue weighted by Crippen LogP contribution is 2.25. The van der Waals surface area contributed by atoms with Gasteiger partial charge in [-0.15, -0.1) is 0 Å². The average molecular weight is 451 g/mol. The lowest BCUT2D eigenvalue weighted by molar-refractivity contribution is -0.122. The monoisotopic (exact) mass is 450 g/mol. The van der Waals surface area contributed by atoms with E-state index < -0.39 is 6.04 Å². The molecule has 0 aromatic heterocycles. The van der Waals surface area contributed by atoms with Crippen molar-refractivity contribution in [2.75, 3.05) is 0 Å². The van der Waals surface area contributed by atoms with Crippen molar-refractivity contribution in [3.63, 3.8) is 0 Å². The smallest absolute Gasteiger partial charge is 0.258 e. The minimum atomic E-state index is -0.405. The number of hydrazine groups is 1. The summed E-state index contributed by atoms with van der Waals surface area (Å²) in [6.45, 7) is 0.465. The average Bonchev–Trinajstić information content (AvgIpc) is 3.31. The maximum Gasteiger partial charge on any atom is 0.258 e. The lowest BCUT2D eigenvalue weighted by atomic mass is 10.0. The molecule has 4 rings (SSSR count). The molecular weight excluding hydrogens is 428 g/mol. The molecule has 1 amide bonds. The molecular formula is C24H23ClN4O3. The van der Waals surface area contributed by atoms with Crippen LogP contribution in [0, 0.1) is 0 Å². The van der Waals surface area contributed by atoms with Crippen LogP contribution in [-0.4, -0.2) is 23.3 Å². The first-order chi connectivity index (χ1) is 15.6. The number of halogens is 1. The molecule has 3 aromatic carbocycles. The number of carbonyl (C=O) groups excluding carboxylic acids is 1. The minimum absolute atomic E-state index is 0.00265. The Kier molecular flexibility index (Phi) is 7.01. The summed E-state index contributed by atoms with van der Waals surface area (Å²) in [4.78, 5) is 12.4. The molecule has 164 valence electrons. The van der Waals surface area contributed by atoms with Crippen molar-refractivity contribution in [1.29, 1.82) is 0 Å². The Bertz CT molecular complexity index is 1070. The third kappa shape index (κ3) is 5.85. The van der Waals surface area contributed by atoms with Crippen molar-refractivity contribution in [2.24, 2.45) is 5.10 Å². The van der Waals surface area contributed by atoms with Gasteiger partial charge in [-0.3, -0.25) is 4.79 Å². The predicted octanol–water partition coefficient (Wildman–Crippen LogP) is 3.68. The number of rotatable bonds is 7. The summed E-state index contributed by atoms with van der Waals surface area (Å²) in [5.41, 5.74) is 11.6. The van der Waals surface area contributed by atoms with Crippen molar-refractivity contribution in [2.45, 2.75) is 25.1 Å². The zero-order chi connectivity index (χ0) is 22.3. The van der Waals surface area contributed by atoms with Gasteiger partial charge in [0.1, 0.15) is 24.1 Å². The van der Waals surface area contributed by atoms with Crippen LogP contribution in [0.15, 0.2) is 77.9 Å². The highest BCUT2D eigenvalue weighted by Gasteiger charge is 2.30. The summed E-state index contributed by atoms with van der Waals surface area (Å²) in [6.07, 6.45) is 2.12. The Hall–Kier alpha value is -3.39. The van der Waals surface area contributed by atoms with E-state index in [1.807, 2.05) is 48.5 Å². The van der Waals surface area contributed by atoms with Crippen LogP contribution in [0.4, 0.5) is 0 Å². The van der Waals surface area contributed by atoms with Gasteiger partial charge in [0.25, 0.3) is 5.91 Å². The van der Waals surface area contributed by atoms with Crippen LogP contribution in [0.5, 0.6) is 11.5 Å². The van der Waals surface area contributed by atoms with Crippen LogP contribution in [-0.2, 0) is 11.4 Å². The first-order valence-corrected chi connectivity index (χ1v) is 10.5. The number of hydrogen-bond acceptors (Lipinski definition) is 6. The molecule has 1 saturated heterocycles. The number of nitrogens with one attached hydrogen (secondary N) is 3. The maximum atomic E-state index is 12.4. The van der Waals surface area contributed by atoms with Crippen molar-refractivity contribution in [3.8, 4) is 11.5 Å². The van der Waals surface area contributed by atoms with Crippen LogP contribution >= 0.6 is 11.6 Å². The molecule has 2 unspecified atom stereocenters. The molecule has 2 atom stereocenters. The largest absolute Gasteiger partial charge is 0.508 e. The molecule has 1 aliphatic heterocycles. The van der Waals surface area contributed by atoms with E-state index in [-0.39, 0.29) is 17.7 Å². The van der Waals surface area contributed by atoms with Gasteiger partial charge in [0, 0.05) is 11.1 Å². The van der Waals surface area contributed by atoms with E-state index in [2.05, 4.69) is 21.4 Å². The number of hydrogen-bond donors (Lipinski definition) is 4. The number of ether oxygens (including phenoxy) is 1. The molecule has 1 aliphatic rings. The van der Waals surface area contributed by atoms with Crippen molar-refractivity contribution in [1.82, 2.24) is 16.3 Å². The Morgan fingerprint density at radius 1 is 1.06 bits per heavy atom. The van der Waals surface area contributed by atoms with Gasteiger partial charge < -0.3 is 9.84 Å². The molecule has 4 N–H and O–H groups in total. The van der Waals surface area contributed by atoms with Crippen molar-refractivity contribution < 1.29 is 14.6 Å². The molecule has 8 heteroatoms. The summed E-state index contributed by atoms with van der Waals surface area (Å²) >= 11 is 5.90. The summed E-state index contributed by atoms with van der Waals surface area (Å²) in [6, 6.07) is 21.5. The molecule has 7 nitrogen and oxygen atoms in total. The van der Waals surface area contributed by atoms with Gasteiger partial charge >= 0.3 is 0 Å². The maximum absolute atomic E-state index is 12.4. The Balaban J connectivity index is 1.25. The quantitative estimate of drug-likeness (QED) is 0.325. The van der Waals surface area contributed by atoms with E-state index in [0.717, 1.165) is 22.4 Å². The van der Waals surface area contributed by atoms with E-state index in [1.54, 1.807) is 24.3 Å². The highest BCUT2D eigenvalue weighted by atomic mass is 35.5. The van der Waals surface area contributed by atoms with Gasteiger partial charge in [0.05, 0.1) is 6.21 Å². The van der Waals surface area contributed by atoms with Crippen LogP contribution in [0.2, 0.25) is 5.02 Å². The Morgan fingerprint density at radius 2 is 1.78 bits per heavy atom. The summed E-state index contributed by atoms with van der Waals surface area (Å²) < 4.78 is 5.82. The fraction of sp³-hybridized carbons (Fsp3) is 0.167. The second-order valence-electron chi connectivity index (χ2n) is 7.44. The first kappa shape index (κ1) is 21.8. The first-order valence-electron chi connectivity index (χ1n) is 10.2. The molecule has 0 radical (unpaired) electrons. The van der Waals surface area contributed by atoms with Gasteiger partial charge in [0.2, 0.25) is 0 Å². The van der Waals surface area contributed by atoms with E-state index in [0.29, 0.717) is 18.1 Å². The number of phenolic OH excluding ortho intramolecular Hbond substituents is 1. The number of hydrazone groups is 1. The number of nitrogens with zero attached hydrogens (tertiary/aromatic N) is 1. The van der Waals surface area contributed by atoms with E-state index >= 15 is 0 Å². The number of aromatic hydroxyl groups is 1. The lowest BCUT2D eigenvalue weighted by Crippen LogP contribution is -2.41. The second kappa shape index (κ2) is 10.3. The molecule has 1 heterocycles. The van der Waals surface area contributed by atoms with Crippen molar-refractivity contribution >= 4 is 23.7 Å². The number of benzene rings is 3. The number of phenols is 1. The SMILES string of the molecule is O=C(N/N=C/c1ccc(O)cc1)C1CC(c2ccc(OCc3ccc(Cl)cc3)cc2)NN1. The third-order valence-corrected chi connectivity index (χ3v) is 5.35. The van der Waals surface area contributed by atoms with E-state index in [1.165, 1.54) is 6.21 Å². The molecule has 0 bridgehead atoms. The van der Waals surface area contributed by atoms with Gasteiger partial charge in [0.15, 0.2) is 0 Å². The van der Waals surface area contributed by atoms with Gasteiger partial charge in [-0.05, 0) is 71.6 Å². The van der Waals surface area contributed by atoms with Crippen molar-refractivity contribution in [3.05, 3.63) is 94.5 Å². The van der Waals surface area contributed by atoms with Gasteiger partial charge in [-0.25, -0.2) is 16.3 Å². The predicted molar refractivity (Wildman–Crippen MR) is 123 cm³/mol. The number of carbonyl (C=O) groups is 1. The van der Waals surface area contributed by atoms with Crippen LogP contribution in [0.1, 0.15) is 29.2 Å². The molecule has 0 aliphatic carbocycles. The summed E-state index contributed by atoms with van der Waals surface area (Å²) in [7, 11) is 0. The molecule has 0 saturated carbocycles. The molecule has 3 aromatic rings. The third-order valence-electron chi connectivity index (χ3n) is 5.10. The molecule has 1 fully saturated rings. The van der Waals surface area contributed by atoms with E-state index in [9.17, 15) is 9.90 Å². The fourth-order valence-electron chi connectivity index (χ4n) is 3.30. The van der Waals surface area contributed by atoms with Gasteiger partial charge in [-0.1, -0.05) is 35.9 Å². The van der Waals surface area contributed by atoms with E-state index in [4.69, 9.17) is 16.3 Å². The lowest BCUT2D eigenvalue weighted by Gasteiger charge is -2.11.